The van der Waals surface area contributed by atoms with E-state index in [0.29, 0.717) is 11.1 Å². The molecule has 0 saturated carbocycles. The highest BCUT2D eigenvalue weighted by Gasteiger charge is 2.20. The molecule has 0 amide bonds. The van der Waals surface area contributed by atoms with Gasteiger partial charge in [0.15, 0.2) is 11.6 Å². The summed E-state index contributed by atoms with van der Waals surface area (Å²) in [6, 6.07) is 62.4. The van der Waals surface area contributed by atoms with Crippen LogP contribution in [0.15, 0.2) is 194 Å². The van der Waals surface area contributed by atoms with Crippen LogP contribution >= 0.6 is 0 Å². The van der Waals surface area contributed by atoms with Crippen molar-refractivity contribution in [3.8, 4) is 56.0 Å². The second-order valence-corrected chi connectivity index (χ2v) is 13.9. The fourth-order valence-corrected chi connectivity index (χ4v) is 7.69. The van der Waals surface area contributed by atoms with Crippen LogP contribution in [0.25, 0.3) is 66.1 Å². The molecule has 0 aliphatic carbocycles. The van der Waals surface area contributed by atoms with E-state index in [2.05, 4.69) is 84.9 Å². The first-order valence-corrected chi connectivity index (χ1v) is 18.5. The Bertz CT molecular complexity index is 2730. The Labute approximate surface area is 324 Å². The van der Waals surface area contributed by atoms with Gasteiger partial charge in [-0.2, -0.15) is 0 Å². The molecule has 9 rings (SSSR count). The van der Waals surface area contributed by atoms with E-state index in [1.165, 1.54) is 12.1 Å². The number of rotatable bonds is 8. The van der Waals surface area contributed by atoms with Gasteiger partial charge in [-0.25, -0.2) is 0 Å². The summed E-state index contributed by atoms with van der Waals surface area (Å²) in [7, 11) is 0. The van der Waals surface area contributed by atoms with E-state index in [-0.39, 0.29) is 34.2 Å². The number of para-hydroxylation sites is 2. The Hall–Kier alpha value is -7.56. The number of hydrogen-bond acceptors (Lipinski definition) is 4. The molecule has 0 aliphatic heterocycles. The topological polar surface area (TPSA) is 74.6 Å². The second kappa shape index (κ2) is 14.3. The van der Waals surface area contributed by atoms with Gasteiger partial charge in [0.05, 0.1) is 11.1 Å². The Kier molecular flexibility index (Phi) is 8.77. The van der Waals surface area contributed by atoms with Crippen LogP contribution in [0.2, 0.25) is 0 Å². The summed E-state index contributed by atoms with van der Waals surface area (Å²) >= 11 is 0. The van der Waals surface area contributed by atoms with Crippen molar-refractivity contribution in [2.75, 3.05) is 0 Å². The Morgan fingerprint density at radius 3 is 1.02 bits per heavy atom. The van der Waals surface area contributed by atoms with Gasteiger partial charge in [0.25, 0.3) is 0 Å². The lowest BCUT2D eigenvalue weighted by Crippen LogP contribution is -2.01. The highest BCUT2D eigenvalue weighted by molar-refractivity contribution is 6.22. The van der Waals surface area contributed by atoms with Crippen molar-refractivity contribution in [2.24, 2.45) is 0 Å². The maximum Gasteiger partial charge on any atom is 0.196 e. The molecule has 0 aromatic heterocycles. The summed E-state index contributed by atoms with van der Waals surface area (Å²) in [4.78, 5) is 26.5. The minimum absolute atomic E-state index is 0.0340. The second-order valence-electron chi connectivity index (χ2n) is 13.9. The molecule has 0 aliphatic rings. The number of aromatic hydroxyl groups is 2. The van der Waals surface area contributed by atoms with E-state index in [9.17, 15) is 19.8 Å². The third-order valence-corrected chi connectivity index (χ3v) is 10.5. The molecule has 56 heavy (non-hydrogen) atoms. The summed E-state index contributed by atoms with van der Waals surface area (Å²) in [6.45, 7) is 0. The molecule has 266 valence electrons. The molecule has 0 spiro atoms. The van der Waals surface area contributed by atoms with Crippen LogP contribution in [0, 0.1) is 0 Å². The summed E-state index contributed by atoms with van der Waals surface area (Å²) in [6.07, 6.45) is 0. The van der Waals surface area contributed by atoms with Crippen LogP contribution in [0.5, 0.6) is 11.5 Å². The summed E-state index contributed by atoms with van der Waals surface area (Å²) < 4.78 is 0. The van der Waals surface area contributed by atoms with Crippen molar-refractivity contribution < 1.29 is 19.8 Å². The largest absolute Gasteiger partial charge is 0.507 e. The number of fused-ring (bicyclic) bond motifs is 2. The number of phenolic OH excluding ortho intramolecular Hbond substituents is 2. The molecule has 4 heteroatoms. The minimum atomic E-state index is -0.227. The zero-order valence-corrected chi connectivity index (χ0v) is 30.2. The lowest BCUT2D eigenvalue weighted by molar-refractivity contribution is 0.102. The highest BCUT2D eigenvalue weighted by Crippen LogP contribution is 2.46. The van der Waals surface area contributed by atoms with Gasteiger partial charge >= 0.3 is 0 Å². The van der Waals surface area contributed by atoms with Gasteiger partial charge in [0.1, 0.15) is 11.5 Å². The molecule has 4 nitrogen and oxygen atoms in total. The predicted molar refractivity (Wildman–Crippen MR) is 226 cm³/mol. The zero-order chi connectivity index (χ0) is 38.2. The maximum absolute atomic E-state index is 13.2. The van der Waals surface area contributed by atoms with Crippen molar-refractivity contribution >= 4 is 33.1 Å². The first-order chi connectivity index (χ1) is 27.4. The van der Waals surface area contributed by atoms with Crippen molar-refractivity contribution in [1.29, 1.82) is 0 Å². The molecular formula is C52H34O4. The Balaban J connectivity index is 1.20. The number of phenols is 2. The Morgan fingerprint density at radius 2 is 0.643 bits per heavy atom. The fraction of sp³-hybridized carbons (Fsp3) is 0. The highest BCUT2D eigenvalue weighted by atomic mass is 16.3. The zero-order valence-electron chi connectivity index (χ0n) is 30.2. The fourth-order valence-electron chi connectivity index (χ4n) is 7.69. The van der Waals surface area contributed by atoms with E-state index in [1.54, 1.807) is 36.4 Å². The SMILES string of the molecule is O=C(c1ccc(-c2ccc3c(-c4ccccc4)c4cc(-c5ccc(C(=O)c6ccccc6O)cc5)ccc4c(-c4ccccc4)c3c2)cc1)c1ccccc1O. The molecule has 0 radical (unpaired) electrons. The third kappa shape index (κ3) is 6.19. The number of benzene rings is 9. The molecule has 9 aromatic rings. The standard InChI is InChI=1S/C52H34O4/c53-47-17-9-7-15-43(47)51(55)37-23-19-33(20-24-37)39-28-30-42-45(31-39)49(35-11-3-1-4-12-35)41-29-27-40(32-46(41)50(42)36-13-5-2-6-14-36)34-21-25-38(26-22-34)52(56)44-16-8-10-18-48(44)54/h1-32,53-54H. The number of hydrogen-bond donors (Lipinski definition) is 2. The van der Waals surface area contributed by atoms with Gasteiger partial charge in [-0.3, -0.25) is 9.59 Å². The molecule has 9 aromatic carbocycles. The van der Waals surface area contributed by atoms with Crippen LogP contribution in [-0.4, -0.2) is 21.8 Å². The normalized spacial score (nSPS) is 11.1. The predicted octanol–water partition coefficient (Wildman–Crippen LogP) is 12.5. The van der Waals surface area contributed by atoms with Crippen molar-refractivity contribution in [1.82, 2.24) is 0 Å². The molecule has 0 saturated heterocycles. The van der Waals surface area contributed by atoms with E-state index in [0.717, 1.165) is 66.1 Å². The summed E-state index contributed by atoms with van der Waals surface area (Å²) in [5, 5.41) is 25.0. The summed E-state index contributed by atoms with van der Waals surface area (Å²) in [5.74, 6) is -0.522. The monoisotopic (exact) mass is 722 g/mol. The van der Waals surface area contributed by atoms with Crippen molar-refractivity contribution in [3.05, 3.63) is 216 Å². The van der Waals surface area contributed by atoms with Gasteiger partial charge < -0.3 is 10.2 Å². The van der Waals surface area contributed by atoms with E-state index in [4.69, 9.17) is 0 Å². The van der Waals surface area contributed by atoms with Gasteiger partial charge in [-0.1, -0.05) is 158 Å². The van der Waals surface area contributed by atoms with E-state index in [1.807, 2.05) is 60.7 Å². The molecular weight excluding hydrogens is 689 g/mol. The molecule has 0 bridgehead atoms. The maximum atomic E-state index is 13.2. The van der Waals surface area contributed by atoms with Crippen molar-refractivity contribution in [3.63, 3.8) is 0 Å². The number of carbonyl (C=O) groups is 2. The van der Waals surface area contributed by atoms with Crippen LogP contribution in [0.4, 0.5) is 0 Å². The van der Waals surface area contributed by atoms with Gasteiger partial charge in [-0.15, -0.1) is 0 Å². The van der Waals surface area contributed by atoms with E-state index < -0.39 is 0 Å². The summed E-state index contributed by atoms with van der Waals surface area (Å²) in [5.41, 5.74) is 9.99. The number of ketones is 2. The van der Waals surface area contributed by atoms with Crippen LogP contribution in [0.1, 0.15) is 31.8 Å². The lowest BCUT2D eigenvalue weighted by atomic mass is 9.84. The minimum Gasteiger partial charge on any atom is -0.507 e. The molecule has 0 unspecified atom stereocenters. The molecule has 2 N–H and O–H groups in total. The molecule has 0 atom stereocenters. The van der Waals surface area contributed by atoms with Crippen LogP contribution in [-0.2, 0) is 0 Å². The average Bonchev–Trinajstić information content (AvgIpc) is 3.26. The lowest BCUT2D eigenvalue weighted by Gasteiger charge is -2.19. The smallest absolute Gasteiger partial charge is 0.196 e. The molecule has 0 fully saturated rings. The average molecular weight is 723 g/mol. The number of carbonyl (C=O) groups excluding carboxylic acids is 2. The first-order valence-electron chi connectivity index (χ1n) is 18.5. The molecule has 0 heterocycles. The Morgan fingerprint density at radius 1 is 0.304 bits per heavy atom. The van der Waals surface area contributed by atoms with E-state index >= 15 is 0 Å². The van der Waals surface area contributed by atoms with Gasteiger partial charge in [0, 0.05) is 11.1 Å². The van der Waals surface area contributed by atoms with Crippen LogP contribution < -0.4 is 0 Å². The van der Waals surface area contributed by atoms with Crippen molar-refractivity contribution in [2.45, 2.75) is 0 Å². The van der Waals surface area contributed by atoms with Gasteiger partial charge in [0.2, 0.25) is 0 Å². The van der Waals surface area contributed by atoms with Gasteiger partial charge in [-0.05, 0) is 102 Å². The third-order valence-electron chi connectivity index (χ3n) is 10.5. The van der Waals surface area contributed by atoms with Crippen LogP contribution in [0.3, 0.4) is 0 Å². The first kappa shape index (κ1) is 34.2. The quantitative estimate of drug-likeness (QED) is 0.121.